The maximum Gasteiger partial charge on any atom is 0.262 e. The molecule has 0 radical (unpaired) electrons. The predicted molar refractivity (Wildman–Crippen MR) is 86.8 cm³/mol. The van der Waals surface area contributed by atoms with Crippen LogP contribution in [0.2, 0.25) is 5.02 Å². The third-order valence-electron chi connectivity index (χ3n) is 3.20. The van der Waals surface area contributed by atoms with E-state index < -0.39 is 0 Å². The van der Waals surface area contributed by atoms with Gasteiger partial charge < -0.3 is 4.98 Å². The number of fused-ring (bicyclic) bond motifs is 1. The second kappa shape index (κ2) is 5.35. The van der Waals surface area contributed by atoms with Gasteiger partial charge in [-0.15, -0.1) is 11.8 Å². The molecule has 2 aromatic carbocycles. The molecule has 0 spiro atoms. The summed E-state index contributed by atoms with van der Waals surface area (Å²) in [6, 6.07) is 15.4. The van der Waals surface area contributed by atoms with Gasteiger partial charge in [0.2, 0.25) is 0 Å². The first kappa shape index (κ1) is 13.3. The van der Waals surface area contributed by atoms with Crippen molar-refractivity contribution in [2.75, 3.05) is 6.26 Å². The largest absolute Gasteiger partial charge is 0.321 e. The van der Waals surface area contributed by atoms with Gasteiger partial charge in [-0.1, -0.05) is 41.9 Å². The number of aromatic nitrogens is 1. The molecule has 0 amide bonds. The fraction of sp³-hybridized carbons (Fsp3) is 0.0625. The third-order valence-corrected chi connectivity index (χ3v) is 4.23. The Morgan fingerprint density at radius 2 is 1.85 bits per heavy atom. The molecule has 1 heterocycles. The predicted octanol–water partition coefficient (Wildman–Crippen LogP) is 4.57. The van der Waals surface area contributed by atoms with Crippen LogP contribution in [0.4, 0.5) is 0 Å². The maximum atomic E-state index is 12.2. The minimum absolute atomic E-state index is 0.0637. The van der Waals surface area contributed by atoms with Crippen LogP contribution in [0, 0.1) is 0 Å². The number of H-pyrrole nitrogens is 1. The zero-order valence-corrected chi connectivity index (χ0v) is 12.4. The lowest BCUT2D eigenvalue weighted by atomic mass is 10.0. The van der Waals surface area contributed by atoms with E-state index >= 15 is 0 Å². The Hall–Kier alpha value is -1.71. The lowest BCUT2D eigenvalue weighted by Gasteiger charge is -2.11. The second-order valence-corrected chi connectivity index (χ2v) is 5.67. The number of hydrogen-bond acceptors (Lipinski definition) is 2. The normalized spacial score (nSPS) is 10.9. The number of thioether (sulfide) groups is 1. The average Bonchev–Trinajstić information content (AvgIpc) is 2.47. The van der Waals surface area contributed by atoms with Crippen LogP contribution in [-0.4, -0.2) is 11.2 Å². The lowest BCUT2D eigenvalue weighted by Crippen LogP contribution is -2.10. The molecule has 0 aliphatic heterocycles. The van der Waals surface area contributed by atoms with Crippen molar-refractivity contribution in [3.63, 3.8) is 0 Å². The first-order valence-electron chi connectivity index (χ1n) is 6.15. The number of rotatable bonds is 2. The van der Waals surface area contributed by atoms with E-state index in [4.69, 9.17) is 11.6 Å². The van der Waals surface area contributed by atoms with Crippen molar-refractivity contribution in [1.29, 1.82) is 0 Å². The summed E-state index contributed by atoms with van der Waals surface area (Å²) in [5.74, 6) is 0. The summed E-state index contributed by atoms with van der Waals surface area (Å²) in [5, 5.41) is 1.63. The van der Waals surface area contributed by atoms with Crippen molar-refractivity contribution in [3.05, 3.63) is 63.9 Å². The Kier molecular flexibility index (Phi) is 3.55. The van der Waals surface area contributed by atoms with Gasteiger partial charge in [0.25, 0.3) is 5.56 Å². The van der Waals surface area contributed by atoms with Gasteiger partial charge in [-0.2, -0.15) is 0 Å². The van der Waals surface area contributed by atoms with Gasteiger partial charge in [-0.3, -0.25) is 4.79 Å². The summed E-state index contributed by atoms with van der Waals surface area (Å²) >= 11 is 7.57. The molecular weight excluding hydrogens is 290 g/mol. The van der Waals surface area contributed by atoms with Gasteiger partial charge in [0.1, 0.15) is 0 Å². The molecule has 0 unspecified atom stereocenters. The zero-order chi connectivity index (χ0) is 14.1. The van der Waals surface area contributed by atoms with Crippen molar-refractivity contribution in [2.24, 2.45) is 0 Å². The van der Waals surface area contributed by atoms with E-state index in [-0.39, 0.29) is 5.56 Å². The van der Waals surface area contributed by atoms with Crippen molar-refractivity contribution >= 4 is 34.3 Å². The molecule has 0 saturated heterocycles. The van der Waals surface area contributed by atoms with Gasteiger partial charge in [-0.05, 0) is 30.0 Å². The van der Waals surface area contributed by atoms with Crippen LogP contribution < -0.4 is 5.56 Å². The molecule has 0 aliphatic carbocycles. The fourth-order valence-corrected chi connectivity index (χ4v) is 3.17. The molecule has 0 atom stereocenters. The highest BCUT2D eigenvalue weighted by atomic mass is 35.5. The first-order valence-corrected chi connectivity index (χ1v) is 7.76. The Labute approximate surface area is 125 Å². The summed E-state index contributed by atoms with van der Waals surface area (Å²) in [5.41, 5.74) is 2.71. The number of pyridine rings is 1. The van der Waals surface area contributed by atoms with Crippen molar-refractivity contribution in [1.82, 2.24) is 4.98 Å². The zero-order valence-electron chi connectivity index (χ0n) is 10.8. The SMILES string of the molecule is CSc1c(-c2ccccc2)c2cc(Cl)ccc2[nH]c1=O. The smallest absolute Gasteiger partial charge is 0.262 e. The molecule has 1 aromatic heterocycles. The Bertz CT molecular complexity index is 827. The Morgan fingerprint density at radius 1 is 1.10 bits per heavy atom. The maximum absolute atomic E-state index is 12.2. The Morgan fingerprint density at radius 3 is 2.55 bits per heavy atom. The highest BCUT2D eigenvalue weighted by molar-refractivity contribution is 7.98. The summed E-state index contributed by atoms with van der Waals surface area (Å²) in [4.78, 5) is 15.9. The molecule has 100 valence electrons. The van der Waals surface area contributed by atoms with Crippen LogP contribution >= 0.6 is 23.4 Å². The number of hydrogen-bond donors (Lipinski definition) is 1. The quantitative estimate of drug-likeness (QED) is 0.703. The van der Waals surface area contributed by atoms with Crippen LogP contribution in [0.1, 0.15) is 0 Å². The molecule has 2 nitrogen and oxygen atoms in total. The number of benzene rings is 2. The van der Waals surface area contributed by atoms with Crippen molar-refractivity contribution in [2.45, 2.75) is 4.90 Å². The number of aromatic amines is 1. The highest BCUT2D eigenvalue weighted by Gasteiger charge is 2.13. The molecule has 4 heteroatoms. The molecule has 3 rings (SSSR count). The molecule has 20 heavy (non-hydrogen) atoms. The van der Waals surface area contributed by atoms with Gasteiger partial charge >= 0.3 is 0 Å². The van der Waals surface area contributed by atoms with Gasteiger partial charge in [-0.25, -0.2) is 0 Å². The standard InChI is InChI=1S/C16H12ClNOS/c1-20-15-14(10-5-3-2-4-6-10)12-9-11(17)7-8-13(12)18-16(15)19/h2-9H,1H3,(H,18,19). The highest BCUT2D eigenvalue weighted by Crippen LogP contribution is 2.34. The van der Waals surface area contributed by atoms with E-state index in [0.717, 1.165) is 22.0 Å². The van der Waals surface area contributed by atoms with E-state index in [1.807, 2.05) is 48.7 Å². The van der Waals surface area contributed by atoms with Gasteiger partial charge in [0, 0.05) is 21.5 Å². The third kappa shape index (κ3) is 2.23. The van der Waals surface area contributed by atoms with Crippen molar-refractivity contribution < 1.29 is 0 Å². The minimum Gasteiger partial charge on any atom is -0.321 e. The van der Waals surface area contributed by atoms with Crippen LogP contribution in [-0.2, 0) is 0 Å². The van der Waals surface area contributed by atoms with Crippen LogP contribution in [0.5, 0.6) is 0 Å². The molecule has 3 aromatic rings. The van der Waals surface area contributed by atoms with Gasteiger partial charge in [0.15, 0.2) is 0 Å². The molecule has 1 N–H and O–H groups in total. The summed E-state index contributed by atoms with van der Waals surface area (Å²) < 4.78 is 0. The average molecular weight is 302 g/mol. The molecular formula is C16H12ClNOS. The lowest BCUT2D eigenvalue weighted by molar-refractivity contribution is 1.20. The van der Waals surface area contributed by atoms with E-state index in [0.29, 0.717) is 9.92 Å². The van der Waals surface area contributed by atoms with Crippen LogP contribution in [0.25, 0.3) is 22.0 Å². The molecule has 0 bridgehead atoms. The van der Waals surface area contributed by atoms with E-state index in [9.17, 15) is 4.79 Å². The molecule has 0 fully saturated rings. The summed E-state index contributed by atoms with van der Waals surface area (Å²) in [6.45, 7) is 0. The minimum atomic E-state index is -0.0637. The van der Waals surface area contributed by atoms with Crippen LogP contribution in [0.15, 0.2) is 58.2 Å². The summed E-state index contributed by atoms with van der Waals surface area (Å²) in [6.07, 6.45) is 1.91. The number of halogens is 1. The molecule has 0 aliphatic rings. The molecule has 0 saturated carbocycles. The van der Waals surface area contributed by atoms with E-state index in [1.165, 1.54) is 11.8 Å². The Balaban J connectivity index is 2.48. The van der Waals surface area contributed by atoms with E-state index in [1.54, 1.807) is 6.07 Å². The second-order valence-electron chi connectivity index (χ2n) is 4.42. The van der Waals surface area contributed by atoms with Crippen molar-refractivity contribution in [3.8, 4) is 11.1 Å². The monoisotopic (exact) mass is 301 g/mol. The fourth-order valence-electron chi connectivity index (χ4n) is 2.33. The summed E-state index contributed by atoms with van der Waals surface area (Å²) in [7, 11) is 0. The van der Waals surface area contributed by atoms with Gasteiger partial charge in [0.05, 0.1) is 4.90 Å². The number of nitrogens with one attached hydrogen (secondary N) is 1. The van der Waals surface area contributed by atoms with Crippen LogP contribution in [0.3, 0.4) is 0 Å². The topological polar surface area (TPSA) is 32.9 Å². The van der Waals surface area contributed by atoms with E-state index in [2.05, 4.69) is 4.98 Å². The first-order chi connectivity index (χ1) is 9.70.